The van der Waals surface area contributed by atoms with Gasteiger partial charge in [-0.1, -0.05) is 66.7 Å². The fourth-order valence-electron chi connectivity index (χ4n) is 4.94. The maximum absolute atomic E-state index is 13.1. The number of rotatable bonds is 5. The predicted octanol–water partition coefficient (Wildman–Crippen LogP) is 3.96. The molecule has 2 N–H and O–H groups in total. The number of nitrogens with one attached hydrogen (secondary N) is 1. The number of ether oxygens (including phenoxy) is 1. The molecule has 0 saturated carbocycles. The number of anilines is 1. The number of hydrogen-bond acceptors (Lipinski definition) is 4. The molecule has 1 aliphatic heterocycles. The summed E-state index contributed by atoms with van der Waals surface area (Å²) in [5, 5.41) is 12.2. The topological polar surface area (TPSA) is 95.9 Å². The van der Waals surface area contributed by atoms with E-state index in [2.05, 4.69) is 17.4 Å². The molecule has 1 heterocycles. The number of benzene rings is 3. The zero-order chi connectivity index (χ0) is 23.8. The summed E-state index contributed by atoms with van der Waals surface area (Å²) in [6.45, 7) is 1.66. The Kier molecular flexibility index (Phi) is 5.53. The Bertz CT molecular complexity index is 1240. The SMILES string of the molecule is C[C@@H](NC(=O)OCC1c2ccccc2-c2ccccc21)C(=O)N1c2ccccc2CC1C(=O)O. The van der Waals surface area contributed by atoms with Crippen LogP contribution in [0, 0.1) is 0 Å². The Morgan fingerprint density at radius 2 is 1.56 bits per heavy atom. The van der Waals surface area contributed by atoms with Gasteiger partial charge < -0.3 is 15.2 Å². The molecule has 0 spiro atoms. The van der Waals surface area contributed by atoms with Crippen LogP contribution in [0.2, 0.25) is 0 Å². The van der Waals surface area contributed by atoms with Gasteiger partial charge in [-0.2, -0.15) is 0 Å². The van der Waals surface area contributed by atoms with E-state index in [0.717, 1.165) is 27.8 Å². The zero-order valence-corrected chi connectivity index (χ0v) is 18.6. The van der Waals surface area contributed by atoms with Crippen molar-refractivity contribution in [3.8, 4) is 11.1 Å². The van der Waals surface area contributed by atoms with E-state index >= 15 is 0 Å². The van der Waals surface area contributed by atoms with E-state index in [1.165, 1.54) is 11.8 Å². The van der Waals surface area contributed by atoms with Crippen molar-refractivity contribution in [2.24, 2.45) is 0 Å². The fraction of sp³-hybridized carbons (Fsp3) is 0.222. The predicted molar refractivity (Wildman–Crippen MR) is 127 cm³/mol. The highest BCUT2D eigenvalue weighted by molar-refractivity contribution is 6.05. The Labute approximate surface area is 197 Å². The van der Waals surface area contributed by atoms with E-state index in [-0.39, 0.29) is 18.9 Å². The first-order valence-corrected chi connectivity index (χ1v) is 11.2. The van der Waals surface area contributed by atoms with Gasteiger partial charge in [0.15, 0.2) is 0 Å². The summed E-state index contributed by atoms with van der Waals surface area (Å²) in [5.74, 6) is -1.67. The molecule has 1 aliphatic carbocycles. The van der Waals surface area contributed by atoms with Crippen molar-refractivity contribution in [1.29, 1.82) is 0 Å². The molecule has 3 aromatic rings. The summed E-state index contributed by atoms with van der Waals surface area (Å²) in [6.07, 6.45) is -0.489. The number of alkyl carbamates (subject to hydrolysis) is 1. The maximum atomic E-state index is 13.1. The van der Waals surface area contributed by atoms with Gasteiger partial charge in [-0.3, -0.25) is 9.69 Å². The number of hydrogen-bond donors (Lipinski definition) is 2. The average Bonchev–Trinajstić information content (AvgIpc) is 3.39. The number of carbonyl (C=O) groups is 3. The Morgan fingerprint density at radius 1 is 0.971 bits per heavy atom. The highest BCUT2D eigenvalue weighted by Crippen LogP contribution is 2.44. The van der Waals surface area contributed by atoms with Gasteiger partial charge in [-0.25, -0.2) is 9.59 Å². The Hall–Kier alpha value is -4.13. The van der Waals surface area contributed by atoms with Crippen LogP contribution in [-0.2, 0) is 20.7 Å². The number of amides is 2. The van der Waals surface area contributed by atoms with Crippen molar-refractivity contribution in [2.75, 3.05) is 11.5 Å². The minimum absolute atomic E-state index is 0.0917. The standard InChI is InChI=1S/C27H24N2O5/c1-16(25(30)29-23-13-7-2-8-17(23)14-24(29)26(31)32)28-27(33)34-15-22-20-11-5-3-9-18(20)19-10-4-6-12-21(19)22/h2-13,16,22,24H,14-15H2,1H3,(H,28,33)(H,31,32)/t16-,24?/m1/s1. The van der Waals surface area contributed by atoms with Crippen LogP contribution in [-0.4, -0.2) is 41.8 Å². The van der Waals surface area contributed by atoms with Crippen molar-refractivity contribution >= 4 is 23.7 Å². The Balaban J connectivity index is 1.27. The molecule has 1 unspecified atom stereocenters. The zero-order valence-electron chi connectivity index (χ0n) is 18.6. The number of carbonyl (C=O) groups excluding carboxylic acids is 2. The monoisotopic (exact) mass is 456 g/mol. The normalized spacial score (nSPS) is 16.9. The van der Waals surface area contributed by atoms with Gasteiger partial charge in [0.1, 0.15) is 18.7 Å². The van der Waals surface area contributed by atoms with Crippen molar-refractivity contribution in [3.63, 3.8) is 0 Å². The van der Waals surface area contributed by atoms with Crippen LogP contribution >= 0.6 is 0 Å². The first-order valence-electron chi connectivity index (χ1n) is 11.2. The summed E-state index contributed by atoms with van der Waals surface area (Å²) in [4.78, 5) is 38.8. The summed E-state index contributed by atoms with van der Waals surface area (Å²) < 4.78 is 5.53. The molecule has 7 heteroatoms. The Morgan fingerprint density at radius 3 is 2.21 bits per heavy atom. The molecule has 2 aliphatic rings. The van der Waals surface area contributed by atoms with Gasteiger partial charge in [-0.05, 0) is 40.8 Å². The van der Waals surface area contributed by atoms with Crippen LogP contribution in [0.4, 0.5) is 10.5 Å². The van der Waals surface area contributed by atoms with E-state index in [0.29, 0.717) is 5.69 Å². The maximum Gasteiger partial charge on any atom is 0.407 e. The molecule has 5 rings (SSSR count). The van der Waals surface area contributed by atoms with Crippen molar-refractivity contribution in [1.82, 2.24) is 5.32 Å². The van der Waals surface area contributed by atoms with Crippen LogP contribution in [0.1, 0.15) is 29.5 Å². The molecule has 34 heavy (non-hydrogen) atoms. The summed E-state index contributed by atoms with van der Waals surface area (Å²) in [6, 6.07) is 21.2. The van der Waals surface area contributed by atoms with Crippen molar-refractivity contribution in [2.45, 2.75) is 31.3 Å². The fourth-order valence-corrected chi connectivity index (χ4v) is 4.94. The molecular formula is C27H24N2O5. The van der Waals surface area contributed by atoms with Crippen LogP contribution in [0.25, 0.3) is 11.1 Å². The van der Waals surface area contributed by atoms with Crippen molar-refractivity contribution < 1.29 is 24.2 Å². The minimum atomic E-state index is -1.09. The van der Waals surface area contributed by atoms with Crippen LogP contribution < -0.4 is 10.2 Å². The largest absolute Gasteiger partial charge is 0.480 e. The molecule has 0 fully saturated rings. The van der Waals surface area contributed by atoms with Crippen LogP contribution in [0.15, 0.2) is 72.8 Å². The summed E-state index contributed by atoms with van der Waals surface area (Å²) in [7, 11) is 0. The molecule has 0 aromatic heterocycles. The summed E-state index contributed by atoms with van der Waals surface area (Å²) >= 11 is 0. The third-order valence-corrected chi connectivity index (χ3v) is 6.55. The van der Waals surface area contributed by atoms with E-state index in [1.54, 1.807) is 12.1 Å². The van der Waals surface area contributed by atoms with E-state index in [9.17, 15) is 19.5 Å². The molecule has 7 nitrogen and oxygen atoms in total. The highest BCUT2D eigenvalue weighted by Gasteiger charge is 2.40. The average molecular weight is 456 g/mol. The van der Waals surface area contributed by atoms with Gasteiger partial charge in [0.05, 0.1) is 0 Å². The van der Waals surface area contributed by atoms with Gasteiger partial charge in [-0.15, -0.1) is 0 Å². The van der Waals surface area contributed by atoms with Gasteiger partial charge >= 0.3 is 12.1 Å². The number of para-hydroxylation sites is 1. The third kappa shape index (κ3) is 3.69. The quantitative estimate of drug-likeness (QED) is 0.606. The number of carboxylic acid groups (broad SMARTS) is 1. The lowest BCUT2D eigenvalue weighted by Gasteiger charge is -2.26. The van der Waals surface area contributed by atoms with E-state index in [1.807, 2.05) is 48.5 Å². The molecule has 0 bridgehead atoms. The lowest BCUT2D eigenvalue weighted by atomic mass is 9.98. The molecule has 0 saturated heterocycles. The van der Waals surface area contributed by atoms with Crippen molar-refractivity contribution in [3.05, 3.63) is 89.5 Å². The van der Waals surface area contributed by atoms with E-state index < -0.39 is 30.1 Å². The number of fused-ring (bicyclic) bond motifs is 4. The molecule has 0 radical (unpaired) electrons. The second kappa shape index (κ2) is 8.67. The first kappa shape index (κ1) is 21.7. The highest BCUT2D eigenvalue weighted by atomic mass is 16.5. The van der Waals surface area contributed by atoms with E-state index in [4.69, 9.17) is 4.74 Å². The van der Waals surface area contributed by atoms with Crippen LogP contribution in [0.5, 0.6) is 0 Å². The molecule has 172 valence electrons. The number of carboxylic acids is 1. The smallest absolute Gasteiger partial charge is 0.407 e. The molecule has 2 amide bonds. The van der Waals surface area contributed by atoms with Crippen LogP contribution in [0.3, 0.4) is 0 Å². The number of aliphatic carboxylic acids is 1. The van der Waals surface area contributed by atoms with Gasteiger partial charge in [0, 0.05) is 18.0 Å². The second-order valence-electron chi connectivity index (χ2n) is 8.59. The van der Waals surface area contributed by atoms with Gasteiger partial charge in [0.2, 0.25) is 5.91 Å². The number of nitrogens with zero attached hydrogens (tertiary/aromatic N) is 1. The lowest BCUT2D eigenvalue weighted by Crippen LogP contribution is -2.52. The molecular weight excluding hydrogens is 432 g/mol. The van der Waals surface area contributed by atoms with Gasteiger partial charge in [0.25, 0.3) is 0 Å². The second-order valence-corrected chi connectivity index (χ2v) is 8.59. The summed E-state index contributed by atoms with van der Waals surface area (Å²) in [5.41, 5.74) is 5.79. The molecule has 3 aromatic carbocycles. The lowest BCUT2D eigenvalue weighted by molar-refractivity contribution is -0.140. The first-order chi connectivity index (χ1) is 16.5. The minimum Gasteiger partial charge on any atom is -0.480 e. The molecule has 2 atom stereocenters. The third-order valence-electron chi connectivity index (χ3n) is 6.55.